The Labute approximate surface area is 170 Å². The summed E-state index contributed by atoms with van der Waals surface area (Å²) in [6.07, 6.45) is 2.07. The first kappa shape index (κ1) is 19.0. The number of ketones is 1. The summed E-state index contributed by atoms with van der Waals surface area (Å²) < 4.78 is 21.6. The Morgan fingerprint density at radius 2 is 1.93 bits per heavy atom. The molecule has 4 rings (SSSR count). The molecule has 1 saturated carbocycles. The average molecular weight is 418 g/mol. The lowest BCUT2D eigenvalue weighted by molar-refractivity contribution is 0.101. The Morgan fingerprint density at radius 3 is 2.68 bits per heavy atom. The molecule has 0 amide bonds. The third kappa shape index (κ3) is 4.20. The first-order valence-electron chi connectivity index (χ1n) is 8.85. The van der Waals surface area contributed by atoms with Gasteiger partial charge in [0.05, 0.1) is 16.3 Å². The summed E-state index contributed by atoms with van der Waals surface area (Å²) >= 11 is 7.39. The van der Waals surface area contributed by atoms with Crippen molar-refractivity contribution in [2.45, 2.75) is 30.6 Å². The standard InChI is InChI=1S/C20H17ClFN3O2S/c21-15-6-2-4-8-18(15)27-11-19-23-24-20(25(19)13-9-10-13)28-12-17(26)14-5-1-3-7-16(14)22/h1-8,13H,9-12H2. The maximum atomic E-state index is 13.8. The zero-order chi connectivity index (χ0) is 19.5. The summed E-state index contributed by atoms with van der Waals surface area (Å²) in [5, 5.41) is 9.62. The monoisotopic (exact) mass is 417 g/mol. The van der Waals surface area contributed by atoms with E-state index in [0.29, 0.717) is 27.8 Å². The molecule has 5 nitrogen and oxygen atoms in total. The number of hydrogen-bond donors (Lipinski definition) is 0. The molecule has 0 unspecified atom stereocenters. The minimum Gasteiger partial charge on any atom is -0.484 e. The van der Waals surface area contributed by atoms with Crippen molar-refractivity contribution in [3.63, 3.8) is 0 Å². The second-order valence-corrected chi connectivity index (χ2v) is 7.76. The van der Waals surface area contributed by atoms with Crippen molar-refractivity contribution in [2.24, 2.45) is 0 Å². The van der Waals surface area contributed by atoms with Crippen LogP contribution in [0.2, 0.25) is 5.02 Å². The van der Waals surface area contributed by atoms with Gasteiger partial charge in [0.2, 0.25) is 0 Å². The van der Waals surface area contributed by atoms with Crippen LogP contribution in [0.1, 0.15) is 35.1 Å². The van der Waals surface area contributed by atoms with E-state index in [9.17, 15) is 9.18 Å². The normalized spacial score (nSPS) is 13.5. The number of carbonyl (C=O) groups excluding carboxylic acids is 1. The van der Waals surface area contributed by atoms with Crippen LogP contribution in [0.4, 0.5) is 4.39 Å². The van der Waals surface area contributed by atoms with Gasteiger partial charge in [0.15, 0.2) is 16.8 Å². The van der Waals surface area contributed by atoms with E-state index < -0.39 is 5.82 Å². The quantitative estimate of drug-likeness (QED) is 0.383. The number of thioether (sulfide) groups is 1. The van der Waals surface area contributed by atoms with Gasteiger partial charge in [0.1, 0.15) is 18.2 Å². The molecule has 0 atom stereocenters. The molecule has 28 heavy (non-hydrogen) atoms. The largest absolute Gasteiger partial charge is 0.484 e. The van der Waals surface area contributed by atoms with Crippen LogP contribution in [-0.4, -0.2) is 26.3 Å². The lowest BCUT2D eigenvalue weighted by Gasteiger charge is -2.10. The van der Waals surface area contributed by atoms with E-state index in [2.05, 4.69) is 10.2 Å². The third-order valence-electron chi connectivity index (χ3n) is 4.35. The molecule has 0 radical (unpaired) electrons. The van der Waals surface area contributed by atoms with Gasteiger partial charge in [0, 0.05) is 6.04 Å². The van der Waals surface area contributed by atoms with Crippen molar-refractivity contribution in [1.82, 2.24) is 14.8 Å². The van der Waals surface area contributed by atoms with E-state index in [1.807, 2.05) is 16.7 Å². The maximum Gasteiger partial charge on any atom is 0.192 e. The SMILES string of the molecule is O=C(CSc1nnc(COc2ccccc2Cl)n1C1CC1)c1ccccc1F. The molecule has 1 fully saturated rings. The number of benzene rings is 2. The Morgan fingerprint density at radius 1 is 1.18 bits per heavy atom. The molecule has 1 aliphatic carbocycles. The molecule has 8 heteroatoms. The van der Waals surface area contributed by atoms with Crippen LogP contribution in [0, 0.1) is 5.82 Å². The van der Waals surface area contributed by atoms with Crippen LogP contribution in [0.5, 0.6) is 5.75 Å². The first-order valence-corrected chi connectivity index (χ1v) is 10.2. The molecule has 1 aromatic heterocycles. The molecular formula is C20H17ClFN3O2S. The molecule has 0 aliphatic heterocycles. The van der Waals surface area contributed by atoms with Crippen LogP contribution >= 0.6 is 23.4 Å². The minimum absolute atomic E-state index is 0.0924. The zero-order valence-corrected chi connectivity index (χ0v) is 16.4. The number of rotatable bonds is 8. The van der Waals surface area contributed by atoms with Gasteiger partial charge in [-0.15, -0.1) is 10.2 Å². The Bertz CT molecular complexity index is 1010. The second kappa shape index (κ2) is 8.32. The van der Waals surface area contributed by atoms with Crippen molar-refractivity contribution in [2.75, 3.05) is 5.75 Å². The smallest absolute Gasteiger partial charge is 0.192 e. The van der Waals surface area contributed by atoms with Gasteiger partial charge in [0.25, 0.3) is 0 Å². The fourth-order valence-electron chi connectivity index (χ4n) is 2.80. The molecule has 144 valence electrons. The molecule has 2 aromatic carbocycles. The summed E-state index contributed by atoms with van der Waals surface area (Å²) in [7, 11) is 0. The van der Waals surface area contributed by atoms with E-state index >= 15 is 0 Å². The minimum atomic E-state index is -0.509. The molecule has 0 N–H and O–H groups in total. The van der Waals surface area contributed by atoms with Crippen molar-refractivity contribution in [3.05, 3.63) is 70.8 Å². The number of Topliss-reactive ketones (excluding diaryl/α,β-unsaturated/α-hetero) is 1. The highest BCUT2D eigenvalue weighted by Crippen LogP contribution is 2.39. The van der Waals surface area contributed by atoms with Gasteiger partial charge in [-0.25, -0.2) is 4.39 Å². The first-order chi connectivity index (χ1) is 13.6. The van der Waals surface area contributed by atoms with Gasteiger partial charge in [-0.1, -0.05) is 47.6 Å². The summed E-state index contributed by atoms with van der Waals surface area (Å²) in [6.45, 7) is 0.231. The molecular weight excluding hydrogens is 401 g/mol. The molecule has 1 heterocycles. The molecule has 0 spiro atoms. The number of hydrogen-bond acceptors (Lipinski definition) is 5. The van der Waals surface area contributed by atoms with E-state index in [4.69, 9.17) is 16.3 Å². The predicted molar refractivity (Wildman–Crippen MR) is 106 cm³/mol. The number of nitrogens with zero attached hydrogens (tertiary/aromatic N) is 3. The average Bonchev–Trinajstić information content (AvgIpc) is 3.46. The van der Waals surface area contributed by atoms with E-state index in [1.54, 1.807) is 24.3 Å². The zero-order valence-electron chi connectivity index (χ0n) is 14.8. The van der Waals surface area contributed by atoms with Gasteiger partial charge < -0.3 is 4.74 Å². The van der Waals surface area contributed by atoms with E-state index in [-0.39, 0.29) is 23.7 Å². The molecule has 0 saturated heterocycles. The summed E-state index contributed by atoms with van der Waals surface area (Å²) in [4.78, 5) is 12.3. The van der Waals surface area contributed by atoms with Crippen LogP contribution in [-0.2, 0) is 6.61 Å². The third-order valence-corrected chi connectivity index (χ3v) is 5.60. The van der Waals surface area contributed by atoms with E-state index in [0.717, 1.165) is 12.8 Å². The number of halogens is 2. The highest BCUT2D eigenvalue weighted by molar-refractivity contribution is 7.99. The Balaban J connectivity index is 1.46. The van der Waals surface area contributed by atoms with E-state index in [1.165, 1.54) is 23.9 Å². The van der Waals surface area contributed by atoms with Gasteiger partial charge >= 0.3 is 0 Å². The number of aromatic nitrogens is 3. The molecule has 0 bridgehead atoms. The summed E-state index contributed by atoms with van der Waals surface area (Å²) in [5.41, 5.74) is 0.0924. The van der Waals surface area contributed by atoms with Gasteiger partial charge in [-0.3, -0.25) is 9.36 Å². The number of carbonyl (C=O) groups is 1. The van der Waals surface area contributed by atoms with Crippen LogP contribution < -0.4 is 4.74 Å². The van der Waals surface area contributed by atoms with Crippen molar-refractivity contribution in [1.29, 1.82) is 0 Å². The fraction of sp³-hybridized carbons (Fsp3) is 0.250. The maximum absolute atomic E-state index is 13.8. The van der Waals surface area contributed by atoms with Crippen molar-refractivity contribution >= 4 is 29.1 Å². The molecule has 3 aromatic rings. The van der Waals surface area contributed by atoms with Crippen molar-refractivity contribution < 1.29 is 13.9 Å². The second-order valence-electron chi connectivity index (χ2n) is 6.41. The highest BCUT2D eigenvalue weighted by Gasteiger charge is 2.30. The Kier molecular flexibility index (Phi) is 5.64. The van der Waals surface area contributed by atoms with Gasteiger partial charge in [-0.2, -0.15) is 0 Å². The van der Waals surface area contributed by atoms with Crippen molar-refractivity contribution in [3.8, 4) is 5.75 Å². The summed E-state index contributed by atoms with van der Waals surface area (Å²) in [6, 6.07) is 13.5. The fourth-order valence-corrected chi connectivity index (χ4v) is 3.90. The number of para-hydroxylation sites is 1. The number of ether oxygens (including phenoxy) is 1. The summed E-state index contributed by atoms with van der Waals surface area (Å²) in [5.74, 6) is 0.576. The lowest BCUT2D eigenvalue weighted by Crippen LogP contribution is -2.09. The lowest BCUT2D eigenvalue weighted by atomic mass is 10.1. The predicted octanol–water partition coefficient (Wildman–Crippen LogP) is 4.96. The Hall–Kier alpha value is -2.38. The topological polar surface area (TPSA) is 57.0 Å². The van der Waals surface area contributed by atoms with Crippen LogP contribution in [0.25, 0.3) is 0 Å². The van der Waals surface area contributed by atoms with Gasteiger partial charge in [-0.05, 0) is 37.1 Å². The molecule has 1 aliphatic rings. The highest BCUT2D eigenvalue weighted by atomic mass is 35.5. The van der Waals surface area contributed by atoms with Crippen LogP contribution in [0.15, 0.2) is 53.7 Å². The van der Waals surface area contributed by atoms with Crippen LogP contribution in [0.3, 0.4) is 0 Å².